The predicted octanol–water partition coefficient (Wildman–Crippen LogP) is 0.450. The quantitative estimate of drug-likeness (QED) is 0.413. The van der Waals surface area contributed by atoms with Gasteiger partial charge in [-0.05, 0) is 13.8 Å². The third kappa shape index (κ3) is 23.3. The van der Waals surface area contributed by atoms with E-state index in [0.29, 0.717) is 0 Å². The molecule has 0 fully saturated rings. The van der Waals surface area contributed by atoms with Crippen molar-refractivity contribution in [1.82, 2.24) is 0 Å². The van der Waals surface area contributed by atoms with Crippen molar-refractivity contribution in [2.24, 2.45) is 0 Å². The average Bonchev–Trinajstić information content (AvgIpc) is 2.18. The zero-order chi connectivity index (χ0) is 15.5. The minimum absolute atomic E-state index is 0.176. The van der Waals surface area contributed by atoms with Crippen LogP contribution in [0.1, 0.15) is 13.8 Å². The van der Waals surface area contributed by atoms with E-state index in [4.69, 9.17) is 30.0 Å². The van der Waals surface area contributed by atoms with E-state index in [2.05, 4.69) is 13.2 Å². The number of hydrogen-bond acceptors (Lipinski definition) is 4. The Morgan fingerprint density at radius 1 is 0.611 bits per heavy atom. The zero-order valence-corrected chi connectivity index (χ0v) is 9.84. The molecule has 0 radical (unpaired) electrons. The van der Waals surface area contributed by atoms with Gasteiger partial charge in [0.15, 0.2) is 0 Å². The normalized spacial score (nSPS) is 7.44. The number of carboxylic acids is 4. The van der Waals surface area contributed by atoms with Gasteiger partial charge in [0, 0.05) is 11.1 Å². The summed E-state index contributed by atoms with van der Waals surface area (Å²) in [4.78, 5) is 37.4. The molecule has 0 aromatic carbocycles. The van der Waals surface area contributed by atoms with Crippen molar-refractivity contribution >= 4 is 23.9 Å². The van der Waals surface area contributed by atoms with Crippen molar-refractivity contribution in [3.8, 4) is 0 Å². The highest BCUT2D eigenvalue weighted by Crippen LogP contribution is 1.81. The fourth-order valence-electron chi connectivity index (χ4n) is 0. The summed E-state index contributed by atoms with van der Waals surface area (Å²) in [5.74, 6) is -5.52. The van der Waals surface area contributed by atoms with E-state index >= 15 is 0 Å². The van der Waals surface area contributed by atoms with Gasteiger partial charge in [-0.25, -0.2) is 19.2 Å². The average molecular weight is 262 g/mol. The molecule has 0 aliphatic carbocycles. The van der Waals surface area contributed by atoms with Crippen LogP contribution in [0.4, 0.5) is 0 Å². The first kappa shape index (κ1) is 20.7. The number of aliphatic carboxylic acids is 4. The molecular formula is C10H14O8. The van der Waals surface area contributed by atoms with E-state index in [1.807, 2.05) is 0 Å². The van der Waals surface area contributed by atoms with Crippen LogP contribution in [0.25, 0.3) is 0 Å². The van der Waals surface area contributed by atoms with Gasteiger partial charge >= 0.3 is 23.9 Å². The van der Waals surface area contributed by atoms with E-state index in [9.17, 15) is 9.59 Å². The van der Waals surface area contributed by atoms with Crippen LogP contribution < -0.4 is 0 Å². The maximum atomic E-state index is 9.60. The third-order valence-electron chi connectivity index (χ3n) is 0.913. The summed E-state index contributed by atoms with van der Waals surface area (Å²) in [7, 11) is 0. The fraction of sp³-hybridized carbons (Fsp3) is 0.200. The summed E-state index contributed by atoms with van der Waals surface area (Å²) in [6.45, 7) is 9.20. The van der Waals surface area contributed by atoms with Crippen LogP contribution in [0.15, 0.2) is 24.3 Å². The highest BCUT2D eigenvalue weighted by atomic mass is 16.4. The monoisotopic (exact) mass is 262 g/mol. The van der Waals surface area contributed by atoms with Crippen LogP contribution in [0, 0.1) is 0 Å². The third-order valence-corrected chi connectivity index (χ3v) is 0.913. The smallest absolute Gasteiger partial charge is 0.414 e. The highest BCUT2D eigenvalue weighted by molar-refractivity contribution is 6.27. The molecule has 0 amide bonds. The minimum Gasteiger partial charge on any atom is -0.478 e. The molecule has 0 aromatic rings. The van der Waals surface area contributed by atoms with Crippen molar-refractivity contribution in [1.29, 1.82) is 0 Å². The van der Waals surface area contributed by atoms with Gasteiger partial charge in [0.2, 0.25) is 0 Å². The Kier molecular flexibility index (Phi) is 12.5. The Hall–Kier alpha value is -2.64. The molecule has 4 N–H and O–H groups in total. The summed E-state index contributed by atoms with van der Waals surface area (Å²) < 4.78 is 0. The second kappa shape index (κ2) is 10.9. The summed E-state index contributed by atoms with van der Waals surface area (Å²) in [6.07, 6.45) is 0. The minimum atomic E-state index is -1.82. The Morgan fingerprint density at radius 3 is 0.722 bits per heavy atom. The molecule has 0 aliphatic rings. The fourth-order valence-corrected chi connectivity index (χ4v) is 0. The molecule has 0 saturated heterocycles. The molecule has 8 heteroatoms. The summed E-state index contributed by atoms with van der Waals surface area (Å²) in [6, 6.07) is 0. The van der Waals surface area contributed by atoms with Crippen molar-refractivity contribution in [3.05, 3.63) is 24.3 Å². The molecule has 0 heterocycles. The maximum Gasteiger partial charge on any atom is 0.414 e. The summed E-state index contributed by atoms with van der Waals surface area (Å²) in [5, 5.41) is 30.6. The first-order valence-electron chi connectivity index (χ1n) is 4.17. The van der Waals surface area contributed by atoms with Crippen LogP contribution in [-0.2, 0) is 19.2 Å². The Balaban J connectivity index is -0.000000187. The molecule has 0 unspecified atom stereocenters. The molecule has 0 rings (SSSR count). The standard InChI is InChI=1S/2C4H6O2.C2H2O4/c2*1-3(2)4(5)6;3-1(4)2(5)6/h2*1H2,2H3,(H,5,6);(H,3,4)(H,5,6). The van der Waals surface area contributed by atoms with Gasteiger partial charge in [-0.2, -0.15) is 0 Å². The van der Waals surface area contributed by atoms with Gasteiger partial charge in [0.25, 0.3) is 0 Å². The molecule has 0 aliphatic heterocycles. The summed E-state index contributed by atoms with van der Waals surface area (Å²) >= 11 is 0. The highest BCUT2D eigenvalue weighted by Gasteiger charge is 2.04. The largest absolute Gasteiger partial charge is 0.478 e. The second-order valence-corrected chi connectivity index (χ2v) is 2.78. The zero-order valence-electron chi connectivity index (χ0n) is 9.84. The predicted molar refractivity (Wildman–Crippen MR) is 60.2 cm³/mol. The lowest BCUT2D eigenvalue weighted by atomic mass is 10.4. The van der Waals surface area contributed by atoms with E-state index in [-0.39, 0.29) is 11.1 Å². The molecule has 0 bridgehead atoms. The lowest BCUT2D eigenvalue weighted by molar-refractivity contribution is -0.159. The maximum absolute atomic E-state index is 9.60. The number of carboxylic acid groups (broad SMARTS) is 4. The van der Waals surface area contributed by atoms with Crippen molar-refractivity contribution in [2.45, 2.75) is 13.8 Å². The lowest BCUT2D eigenvalue weighted by Gasteiger charge is -1.79. The molecular weight excluding hydrogens is 248 g/mol. The Labute approximate surface area is 102 Å². The SMILES string of the molecule is C=C(C)C(=O)O.C=C(C)C(=O)O.O=C(O)C(=O)O. The van der Waals surface area contributed by atoms with Gasteiger partial charge in [-0.15, -0.1) is 0 Å². The van der Waals surface area contributed by atoms with Crippen LogP contribution in [0.5, 0.6) is 0 Å². The van der Waals surface area contributed by atoms with Crippen LogP contribution in [0.2, 0.25) is 0 Å². The van der Waals surface area contributed by atoms with Crippen molar-refractivity contribution in [3.63, 3.8) is 0 Å². The van der Waals surface area contributed by atoms with Crippen LogP contribution in [-0.4, -0.2) is 44.3 Å². The van der Waals surface area contributed by atoms with Crippen molar-refractivity contribution in [2.75, 3.05) is 0 Å². The van der Waals surface area contributed by atoms with Gasteiger partial charge < -0.3 is 20.4 Å². The van der Waals surface area contributed by atoms with E-state index < -0.39 is 23.9 Å². The first-order valence-corrected chi connectivity index (χ1v) is 4.17. The number of carbonyl (C=O) groups is 4. The summed E-state index contributed by atoms with van der Waals surface area (Å²) in [5.41, 5.74) is 0.352. The van der Waals surface area contributed by atoms with E-state index in [1.165, 1.54) is 13.8 Å². The molecule has 0 atom stereocenters. The lowest BCUT2D eigenvalue weighted by Crippen LogP contribution is -2.09. The number of rotatable bonds is 2. The molecule has 102 valence electrons. The van der Waals surface area contributed by atoms with Gasteiger partial charge in [0.05, 0.1) is 0 Å². The molecule has 0 aromatic heterocycles. The number of hydrogen-bond donors (Lipinski definition) is 4. The topological polar surface area (TPSA) is 149 Å². The van der Waals surface area contributed by atoms with Gasteiger partial charge in [-0.1, -0.05) is 13.2 Å². The Bertz CT molecular complexity index is 273. The molecule has 0 spiro atoms. The van der Waals surface area contributed by atoms with Crippen LogP contribution >= 0.6 is 0 Å². The first-order chi connectivity index (χ1) is 7.93. The molecule has 8 nitrogen and oxygen atoms in total. The van der Waals surface area contributed by atoms with Gasteiger partial charge in [0.1, 0.15) is 0 Å². The van der Waals surface area contributed by atoms with Crippen LogP contribution in [0.3, 0.4) is 0 Å². The van der Waals surface area contributed by atoms with Crippen molar-refractivity contribution < 1.29 is 39.6 Å². The molecule has 18 heavy (non-hydrogen) atoms. The van der Waals surface area contributed by atoms with E-state index in [1.54, 1.807) is 0 Å². The molecule has 0 saturated carbocycles. The Morgan fingerprint density at radius 2 is 0.722 bits per heavy atom. The van der Waals surface area contributed by atoms with E-state index in [0.717, 1.165) is 0 Å². The second-order valence-electron chi connectivity index (χ2n) is 2.78. The van der Waals surface area contributed by atoms with Gasteiger partial charge in [-0.3, -0.25) is 0 Å².